The van der Waals surface area contributed by atoms with Gasteiger partial charge in [-0.15, -0.1) is 11.8 Å². The van der Waals surface area contributed by atoms with Gasteiger partial charge in [0.25, 0.3) is 0 Å². The number of thioether (sulfide) groups is 1. The summed E-state index contributed by atoms with van der Waals surface area (Å²) in [6.45, 7) is 26.9. The fourth-order valence-electron chi connectivity index (χ4n) is 2.72. The van der Waals surface area contributed by atoms with Crippen LogP contribution < -0.4 is 0 Å². The Morgan fingerprint density at radius 3 is 1.72 bits per heavy atom. The average Bonchev–Trinajstić information content (AvgIpc) is 2.68. The van der Waals surface area contributed by atoms with Crippen molar-refractivity contribution in [2.45, 2.75) is 82.6 Å². The highest BCUT2D eigenvalue weighted by Crippen LogP contribution is 2.21. The highest BCUT2D eigenvalue weighted by atomic mass is 32.2. The maximum absolute atomic E-state index is 7.48. The van der Waals surface area contributed by atoms with Gasteiger partial charge >= 0.3 is 0 Å². The van der Waals surface area contributed by atoms with Crippen LogP contribution in [0.15, 0.2) is 64.6 Å². The molecule has 1 N–H and O–H groups in total. The van der Waals surface area contributed by atoms with Crippen LogP contribution in [0, 0.1) is 38.0 Å². The minimum atomic E-state index is 0.601. The Balaban J connectivity index is 0. The fraction of sp³-hybridized carbons (Fsp3) is 0.500. The summed E-state index contributed by atoms with van der Waals surface area (Å²) in [6.07, 6.45) is 9.97. The lowest BCUT2D eigenvalue weighted by molar-refractivity contribution is 0.731. The van der Waals surface area contributed by atoms with Crippen LogP contribution in [0.25, 0.3) is 0 Å². The Kier molecular flexibility index (Phi) is 17.9. The molecule has 1 nitrogen and oxygen atoms in total. The van der Waals surface area contributed by atoms with Crippen molar-refractivity contribution in [3.8, 4) is 0 Å². The van der Waals surface area contributed by atoms with E-state index in [1.807, 2.05) is 20.1 Å². The highest BCUT2D eigenvalue weighted by molar-refractivity contribution is 8.02. The number of benzene rings is 1. The van der Waals surface area contributed by atoms with Crippen molar-refractivity contribution < 1.29 is 0 Å². The second kappa shape index (κ2) is 17.7. The van der Waals surface area contributed by atoms with E-state index in [-0.39, 0.29) is 0 Å². The van der Waals surface area contributed by atoms with Crippen molar-refractivity contribution in [3.63, 3.8) is 0 Å². The summed E-state index contributed by atoms with van der Waals surface area (Å²) in [7, 11) is 0. The van der Waals surface area contributed by atoms with Gasteiger partial charge in [0.1, 0.15) is 0 Å². The molecule has 0 aliphatic heterocycles. The van der Waals surface area contributed by atoms with Crippen LogP contribution >= 0.6 is 11.8 Å². The molecule has 2 rings (SSSR count). The minimum Gasteiger partial charge on any atom is -0.305 e. The Morgan fingerprint density at radius 2 is 1.50 bits per heavy atom. The van der Waals surface area contributed by atoms with Crippen molar-refractivity contribution in [1.29, 1.82) is 5.41 Å². The molecule has 1 aliphatic rings. The summed E-state index contributed by atoms with van der Waals surface area (Å²) < 4.78 is 0. The molecule has 1 aromatic carbocycles. The molecule has 1 aliphatic carbocycles. The maximum atomic E-state index is 7.48. The van der Waals surface area contributed by atoms with Gasteiger partial charge in [0, 0.05) is 11.3 Å². The Morgan fingerprint density at radius 1 is 1.03 bits per heavy atom. The summed E-state index contributed by atoms with van der Waals surface area (Å²) in [6, 6.07) is 6.38. The molecular formula is C30H49NS. The van der Waals surface area contributed by atoms with Crippen molar-refractivity contribution >= 4 is 17.5 Å². The van der Waals surface area contributed by atoms with E-state index in [2.05, 4.69) is 98.4 Å². The second-order valence-electron chi connectivity index (χ2n) is 9.31. The van der Waals surface area contributed by atoms with Crippen molar-refractivity contribution in [2.75, 3.05) is 6.26 Å². The molecular weight excluding hydrogens is 406 g/mol. The standard InChI is InChI=1S/C9H15NS.C9H12.C8H12.C4H10/c1-6(2)9(7(3)10)8(4)11-5;1-7-5-4-6-8(2)9(7)3;1-7-3-5-8(2)6-4-7;1-4(2)3/h10H,1H2,2-5H3;4-6H,1-3H3;3-5,8H,6H2,1-2H3;4H,1-3H3/b9-8+,10-7?;;;. The Labute approximate surface area is 204 Å². The number of hydrogen-bond donors (Lipinski definition) is 1. The summed E-state index contributed by atoms with van der Waals surface area (Å²) in [5.74, 6) is 1.60. The molecule has 0 bridgehead atoms. The normalized spacial score (nSPS) is 15.0. The zero-order valence-electron chi connectivity index (χ0n) is 22.9. The van der Waals surface area contributed by atoms with Crippen LogP contribution in [0.1, 0.15) is 78.5 Å². The number of aryl methyl sites for hydroxylation is 2. The van der Waals surface area contributed by atoms with Crippen LogP contribution in [-0.4, -0.2) is 12.0 Å². The predicted molar refractivity (Wildman–Crippen MR) is 152 cm³/mol. The molecule has 0 aromatic heterocycles. The van der Waals surface area contributed by atoms with Crippen molar-refractivity contribution in [2.24, 2.45) is 11.8 Å². The van der Waals surface area contributed by atoms with E-state index in [9.17, 15) is 0 Å². The summed E-state index contributed by atoms with van der Waals surface area (Å²) in [5.41, 5.74) is 8.16. The maximum Gasteiger partial charge on any atom is 0.0365 e. The highest BCUT2D eigenvalue weighted by Gasteiger charge is 2.04. The first-order valence-corrected chi connectivity index (χ1v) is 12.8. The molecule has 180 valence electrons. The first-order chi connectivity index (χ1) is 14.7. The first kappa shape index (κ1) is 32.4. The molecule has 1 atom stereocenters. The molecule has 1 unspecified atom stereocenters. The van der Waals surface area contributed by atoms with Crippen LogP contribution in [0.3, 0.4) is 0 Å². The molecule has 0 spiro atoms. The number of hydrogen-bond acceptors (Lipinski definition) is 2. The zero-order valence-corrected chi connectivity index (χ0v) is 23.8. The quantitative estimate of drug-likeness (QED) is 0.355. The van der Waals surface area contributed by atoms with Gasteiger partial charge in [-0.3, -0.25) is 0 Å². The fourth-order valence-corrected chi connectivity index (χ4v) is 3.25. The van der Waals surface area contributed by atoms with Crippen LogP contribution in [-0.2, 0) is 0 Å². The van der Waals surface area contributed by atoms with E-state index < -0.39 is 0 Å². The van der Waals surface area contributed by atoms with E-state index >= 15 is 0 Å². The molecule has 0 radical (unpaired) electrons. The summed E-state index contributed by atoms with van der Waals surface area (Å²) in [4.78, 5) is 1.17. The number of rotatable bonds is 3. The molecule has 2 heteroatoms. The third-order valence-electron chi connectivity index (χ3n) is 4.83. The average molecular weight is 456 g/mol. The lowest BCUT2D eigenvalue weighted by Gasteiger charge is -2.08. The summed E-state index contributed by atoms with van der Waals surface area (Å²) in [5, 5.41) is 7.48. The van der Waals surface area contributed by atoms with Crippen LogP contribution in [0.2, 0.25) is 0 Å². The smallest absolute Gasteiger partial charge is 0.0365 e. The number of nitrogens with one attached hydrogen (secondary N) is 1. The Bertz CT molecular complexity index is 767. The third-order valence-corrected chi connectivity index (χ3v) is 5.65. The van der Waals surface area contributed by atoms with Gasteiger partial charge in [0.05, 0.1) is 0 Å². The molecule has 1 aromatic rings. The van der Waals surface area contributed by atoms with Crippen LogP contribution in [0.4, 0.5) is 0 Å². The SMILES string of the molecule is C=C(C)/C(C(C)=N)=C(/C)SC.CC(C)C.CC1=CCC(C)C=C1.Cc1cccc(C)c1C. The monoisotopic (exact) mass is 455 g/mol. The van der Waals surface area contributed by atoms with Gasteiger partial charge in [-0.25, -0.2) is 0 Å². The van der Waals surface area contributed by atoms with Crippen LogP contribution in [0.5, 0.6) is 0 Å². The van der Waals surface area contributed by atoms with Gasteiger partial charge in [-0.2, -0.15) is 0 Å². The second-order valence-corrected chi connectivity index (χ2v) is 10.3. The van der Waals surface area contributed by atoms with Gasteiger partial charge < -0.3 is 5.41 Å². The number of allylic oxidation sites excluding steroid dienone is 7. The van der Waals surface area contributed by atoms with Gasteiger partial charge in [0.15, 0.2) is 0 Å². The molecule has 0 saturated carbocycles. The predicted octanol–water partition coefficient (Wildman–Crippen LogP) is 10.0. The molecule has 32 heavy (non-hydrogen) atoms. The Hall–Kier alpha value is -1.80. The largest absolute Gasteiger partial charge is 0.305 e. The minimum absolute atomic E-state index is 0.601. The molecule has 0 fully saturated rings. The van der Waals surface area contributed by atoms with Gasteiger partial charge in [0.2, 0.25) is 0 Å². The lowest BCUT2D eigenvalue weighted by Crippen LogP contribution is -1.98. The molecule has 0 amide bonds. The molecule has 0 heterocycles. The van der Waals surface area contributed by atoms with E-state index in [1.54, 1.807) is 18.7 Å². The topological polar surface area (TPSA) is 23.9 Å². The lowest BCUT2D eigenvalue weighted by atomic mass is 10.00. The third kappa shape index (κ3) is 15.9. The first-order valence-electron chi connectivity index (χ1n) is 11.6. The van der Waals surface area contributed by atoms with Gasteiger partial charge in [-0.05, 0) is 100 Å². The van der Waals surface area contributed by atoms with Crippen molar-refractivity contribution in [3.05, 3.63) is 81.3 Å². The van der Waals surface area contributed by atoms with Crippen molar-refractivity contribution in [1.82, 2.24) is 0 Å². The zero-order chi connectivity index (χ0) is 25.4. The van der Waals surface area contributed by atoms with E-state index in [4.69, 9.17) is 5.41 Å². The summed E-state index contributed by atoms with van der Waals surface area (Å²) >= 11 is 1.67. The van der Waals surface area contributed by atoms with Gasteiger partial charge in [-0.1, -0.05) is 76.3 Å². The van der Waals surface area contributed by atoms with E-state index in [0.717, 1.165) is 23.0 Å². The van der Waals surface area contributed by atoms with E-state index in [1.165, 1.54) is 33.6 Å². The van der Waals surface area contributed by atoms with E-state index in [0.29, 0.717) is 5.71 Å². The molecule has 0 saturated heterocycles.